The van der Waals surface area contributed by atoms with Gasteiger partial charge >= 0.3 is 0 Å². The minimum Gasteiger partial charge on any atom is -0.370 e. The van der Waals surface area contributed by atoms with E-state index in [2.05, 4.69) is 64.7 Å². The molecule has 1 aromatic carbocycles. The second-order valence-electron chi connectivity index (χ2n) is 6.06. The highest BCUT2D eigenvalue weighted by Gasteiger charge is 2.27. The monoisotopic (exact) mass is 353 g/mol. The summed E-state index contributed by atoms with van der Waals surface area (Å²) in [6.45, 7) is 11.2. The van der Waals surface area contributed by atoms with E-state index in [1.807, 2.05) is 0 Å². The first-order chi connectivity index (χ1) is 10.0. The molecule has 1 aliphatic heterocycles. The van der Waals surface area contributed by atoms with Crippen molar-refractivity contribution in [1.29, 1.82) is 0 Å². The molecule has 4 heteroatoms. The zero-order valence-corrected chi connectivity index (χ0v) is 15.1. The summed E-state index contributed by atoms with van der Waals surface area (Å²) in [7, 11) is 0. The predicted octanol–water partition coefficient (Wildman–Crippen LogP) is 3.26. The fraction of sp³-hybridized carbons (Fsp3) is 0.647. The van der Waals surface area contributed by atoms with E-state index in [4.69, 9.17) is 5.73 Å². The van der Waals surface area contributed by atoms with Gasteiger partial charge in [-0.05, 0) is 56.6 Å². The molecular weight excluding hydrogens is 326 g/mol. The van der Waals surface area contributed by atoms with Crippen molar-refractivity contribution >= 4 is 21.6 Å². The Morgan fingerprint density at radius 3 is 2.71 bits per heavy atom. The van der Waals surface area contributed by atoms with Gasteiger partial charge in [-0.15, -0.1) is 0 Å². The standard InChI is InChI=1S/C17H28BrN3/c1-4-20(5-2)16-8-9-21(12-16)17-7-6-15(18)11-14(17)10-13(3)19/h6-7,11,13,16H,4-5,8-10,12,19H2,1-3H3. The number of likely N-dealkylation sites (N-methyl/N-ethyl adjacent to an activating group) is 1. The van der Waals surface area contributed by atoms with Crippen LogP contribution in [0.25, 0.3) is 0 Å². The summed E-state index contributed by atoms with van der Waals surface area (Å²) < 4.78 is 1.14. The molecule has 1 aliphatic rings. The maximum Gasteiger partial charge on any atom is 0.0400 e. The molecule has 118 valence electrons. The summed E-state index contributed by atoms with van der Waals surface area (Å²) in [6, 6.07) is 7.49. The second kappa shape index (κ2) is 7.61. The largest absolute Gasteiger partial charge is 0.370 e. The van der Waals surface area contributed by atoms with Crippen LogP contribution >= 0.6 is 15.9 Å². The average Bonchev–Trinajstić information content (AvgIpc) is 2.89. The van der Waals surface area contributed by atoms with Gasteiger partial charge in [-0.2, -0.15) is 0 Å². The van der Waals surface area contributed by atoms with Crippen molar-refractivity contribution in [3.8, 4) is 0 Å². The number of halogens is 1. The molecular formula is C17H28BrN3. The van der Waals surface area contributed by atoms with Crippen LogP contribution in [0.3, 0.4) is 0 Å². The van der Waals surface area contributed by atoms with E-state index in [1.54, 1.807) is 0 Å². The SMILES string of the molecule is CCN(CC)C1CCN(c2ccc(Br)cc2CC(C)N)C1. The molecule has 0 aliphatic carbocycles. The lowest BCUT2D eigenvalue weighted by molar-refractivity contribution is 0.232. The summed E-state index contributed by atoms with van der Waals surface area (Å²) >= 11 is 3.58. The fourth-order valence-corrected chi connectivity index (χ4v) is 3.78. The van der Waals surface area contributed by atoms with Gasteiger partial charge in [0.25, 0.3) is 0 Å². The number of nitrogens with zero attached hydrogens (tertiary/aromatic N) is 2. The Balaban J connectivity index is 2.15. The third-order valence-corrected chi connectivity index (χ3v) is 4.91. The van der Waals surface area contributed by atoms with E-state index in [0.717, 1.165) is 37.1 Å². The second-order valence-corrected chi connectivity index (χ2v) is 6.98. The molecule has 0 saturated carbocycles. The summed E-state index contributed by atoms with van der Waals surface area (Å²) in [5.74, 6) is 0. The molecule has 1 fully saturated rings. The minimum absolute atomic E-state index is 0.194. The molecule has 2 N–H and O–H groups in total. The molecule has 0 bridgehead atoms. The molecule has 2 atom stereocenters. The van der Waals surface area contributed by atoms with E-state index < -0.39 is 0 Å². The van der Waals surface area contributed by atoms with Gasteiger partial charge in [-0.3, -0.25) is 4.90 Å². The lowest BCUT2D eigenvalue weighted by atomic mass is 10.0. The number of benzene rings is 1. The van der Waals surface area contributed by atoms with Crippen molar-refractivity contribution in [1.82, 2.24) is 4.90 Å². The van der Waals surface area contributed by atoms with Crippen LogP contribution in [0.5, 0.6) is 0 Å². The highest BCUT2D eigenvalue weighted by Crippen LogP contribution is 2.29. The van der Waals surface area contributed by atoms with Crippen LogP contribution in [0, 0.1) is 0 Å². The number of hydrogen-bond donors (Lipinski definition) is 1. The van der Waals surface area contributed by atoms with Crippen molar-refractivity contribution in [2.45, 2.75) is 45.7 Å². The summed E-state index contributed by atoms with van der Waals surface area (Å²) in [6.07, 6.45) is 2.19. The molecule has 21 heavy (non-hydrogen) atoms. The smallest absolute Gasteiger partial charge is 0.0400 e. The van der Waals surface area contributed by atoms with Gasteiger partial charge in [0.2, 0.25) is 0 Å². The first-order valence-electron chi connectivity index (χ1n) is 8.08. The molecule has 1 saturated heterocycles. The third-order valence-electron chi connectivity index (χ3n) is 4.42. The van der Waals surface area contributed by atoms with Crippen molar-refractivity contribution in [2.24, 2.45) is 5.73 Å². The van der Waals surface area contributed by atoms with Crippen LogP contribution in [0.15, 0.2) is 22.7 Å². The van der Waals surface area contributed by atoms with Gasteiger partial charge in [0.1, 0.15) is 0 Å². The summed E-state index contributed by atoms with van der Waals surface area (Å²) in [4.78, 5) is 5.11. The van der Waals surface area contributed by atoms with E-state index in [-0.39, 0.29) is 6.04 Å². The first-order valence-corrected chi connectivity index (χ1v) is 8.87. The molecule has 0 amide bonds. The molecule has 0 aromatic heterocycles. The molecule has 1 heterocycles. The van der Waals surface area contributed by atoms with E-state index in [9.17, 15) is 0 Å². The quantitative estimate of drug-likeness (QED) is 0.851. The number of hydrogen-bond acceptors (Lipinski definition) is 3. The minimum atomic E-state index is 0.194. The summed E-state index contributed by atoms with van der Waals surface area (Å²) in [5, 5.41) is 0. The van der Waals surface area contributed by atoms with Crippen LogP contribution in [0.2, 0.25) is 0 Å². The van der Waals surface area contributed by atoms with E-state index in [1.165, 1.54) is 17.7 Å². The predicted molar refractivity (Wildman–Crippen MR) is 95.0 cm³/mol. The van der Waals surface area contributed by atoms with Gasteiger partial charge in [-0.25, -0.2) is 0 Å². The number of anilines is 1. The van der Waals surface area contributed by atoms with Crippen molar-refractivity contribution in [2.75, 3.05) is 31.1 Å². The maximum absolute atomic E-state index is 6.02. The van der Waals surface area contributed by atoms with Crippen LogP contribution in [-0.2, 0) is 6.42 Å². The van der Waals surface area contributed by atoms with E-state index in [0.29, 0.717) is 6.04 Å². The van der Waals surface area contributed by atoms with Gasteiger partial charge in [0.05, 0.1) is 0 Å². The molecule has 2 unspecified atom stereocenters. The van der Waals surface area contributed by atoms with Gasteiger partial charge in [0, 0.05) is 35.3 Å². The van der Waals surface area contributed by atoms with Crippen LogP contribution in [0.4, 0.5) is 5.69 Å². The highest BCUT2D eigenvalue weighted by molar-refractivity contribution is 9.10. The normalized spacial score (nSPS) is 20.3. The average molecular weight is 354 g/mol. The molecule has 0 radical (unpaired) electrons. The summed E-state index contributed by atoms with van der Waals surface area (Å²) in [5.41, 5.74) is 8.75. The molecule has 3 nitrogen and oxygen atoms in total. The molecule has 2 rings (SSSR count). The van der Waals surface area contributed by atoms with Gasteiger partial charge < -0.3 is 10.6 Å². The molecule has 0 spiro atoms. The fourth-order valence-electron chi connectivity index (χ4n) is 3.37. The Labute approximate surface area is 137 Å². The van der Waals surface area contributed by atoms with E-state index >= 15 is 0 Å². The van der Waals surface area contributed by atoms with Gasteiger partial charge in [-0.1, -0.05) is 29.8 Å². The number of rotatable bonds is 6. The number of nitrogens with two attached hydrogens (primary N) is 1. The zero-order valence-electron chi connectivity index (χ0n) is 13.5. The van der Waals surface area contributed by atoms with Crippen LogP contribution in [0.1, 0.15) is 32.8 Å². The Kier molecular flexibility index (Phi) is 6.08. The van der Waals surface area contributed by atoms with Gasteiger partial charge in [0.15, 0.2) is 0 Å². The Morgan fingerprint density at radius 1 is 1.38 bits per heavy atom. The van der Waals surface area contributed by atoms with Crippen molar-refractivity contribution in [3.63, 3.8) is 0 Å². The Morgan fingerprint density at radius 2 is 2.10 bits per heavy atom. The van der Waals surface area contributed by atoms with Crippen LogP contribution < -0.4 is 10.6 Å². The first kappa shape index (κ1) is 16.8. The molecule has 1 aromatic rings. The maximum atomic E-state index is 6.02. The third kappa shape index (κ3) is 4.21. The van der Waals surface area contributed by atoms with Crippen molar-refractivity contribution < 1.29 is 0 Å². The Hall–Kier alpha value is -0.580. The Bertz CT molecular complexity index is 457. The highest BCUT2D eigenvalue weighted by atomic mass is 79.9. The van der Waals surface area contributed by atoms with Crippen molar-refractivity contribution in [3.05, 3.63) is 28.2 Å². The van der Waals surface area contributed by atoms with Crippen LogP contribution in [-0.4, -0.2) is 43.2 Å². The lowest BCUT2D eigenvalue weighted by Gasteiger charge is -2.27. The topological polar surface area (TPSA) is 32.5 Å². The lowest BCUT2D eigenvalue weighted by Crippen LogP contribution is -2.37. The zero-order chi connectivity index (χ0) is 15.4.